The highest BCUT2D eigenvalue weighted by atomic mass is 32.1. The molecule has 4 rings (SSSR count). The lowest BCUT2D eigenvalue weighted by atomic mass is 9.89. The minimum absolute atomic E-state index is 0.0481. The van der Waals surface area contributed by atoms with Gasteiger partial charge in [0.15, 0.2) is 0 Å². The minimum Gasteiger partial charge on any atom is -0.444 e. The van der Waals surface area contributed by atoms with Crippen molar-refractivity contribution in [1.82, 2.24) is 15.5 Å². The molecular weight excluding hydrogens is 524 g/mol. The standard InChI is InChI=1S/C31H34N4O4S/c1-31(2,3)39-30(38)34-19-28(36)35-20-23(16-27(35)29(37)33-18-25-14-13-24(17-32)40-25)26-12-8-7-11-22(26)15-21-9-5-4-6-10-21/h4-14,23,27H,15-16,18-20H2,1-3H3,(H,33,37)(H,34,38)/t23?,27-/m0/s1. The van der Waals surface area contributed by atoms with E-state index in [1.165, 1.54) is 16.9 Å². The van der Waals surface area contributed by atoms with Crippen LogP contribution in [0.1, 0.15) is 59.6 Å². The maximum absolute atomic E-state index is 13.4. The first kappa shape index (κ1) is 28.8. The molecule has 1 fully saturated rings. The summed E-state index contributed by atoms with van der Waals surface area (Å²) >= 11 is 1.32. The Morgan fingerprint density at radius 2 is 1.75 bits per heavy atom. The number of carbonyl (C=O) groups is 3. The lowest BCUT2D eigenvalue weighted by molar-refractivity contribution is -0.137. The fraction of sp³-hybridized carbons (Fsp3) is 0.355. The van der Waals surface area contributed by atoms with Gasteiger partial charge in [-0.1, -0.05) is 54.6 Å². The number of thiophene rings is 1. The topological polar surface area (TPSA) is 112 Å². The van der Waals surface area contributed by atoms with Crippen LogP contribution < -0.4 is 10.6 Å². The van der Waals surface area contributed by atoms with Crippen LogP contribution in [-0.2, 0) is 27.3 Å². The molecule has 0 spiro atoms. The summed E-state index contributed by atoms with van der Waals surface area (Å²) in [5.41, 5.74) is 2.76. The minimum atomic E-state index is -0.696. The molecule has 3 aromatic rings. The summed E-state index contributed by atoms with van der Waals surface area (Å²) in [5, 5.41) is 14.6. The maximum atomic E-state index is 13.4. The van der Waals surface area contributed by atoms with E-state index < -0.39 is 17.7 Å². The SMILES string of the molecule is CC(C)(C)OC(=O)NCC(=O)N1CC(c2ccccc2Cc2ccccc2)C[C@H]1C(=O)NCc1ccc(C#N)s1. The molecule has 0 radical (unpaired) electrons. The van der Waals surface area contributed by atoms with E-state index in [0.717, 1.165) is 22.4 Å². The van der Waals surface area contributed by atoms with Gasteiger partial charge in [-0.05, 0) is 62.4 Å². The third-order valence-electron chi connectivity index (χ3n) is 6.65. The monoisotopic (exact) mass is 558 g/mol. The first-order chi connectivity index (χ1) is 19.1. The van der Waals surface area contributed by atoms with Crippen LogP contribution in [0, 0.1) is 11.3 Å². The van der Waals surface area contributed by atoms with Crippen molar-refractivity contribution in [2.75, 3.05) is 13.1 Å². The van der Waals surface area contributed by atoms with Crippen molar-refractivity contribution in [3.8, 4) is 6.07 Å². The Morgan fingerprint density at radius 1 is 1.02 bits per heavy atom. The zero-order chi connectivity index (χ0) is 28.7. The van der Waals surface area contributed by atoms with Crippen LogP contribution in [-0.4, -0.2) is 47.5 Å². The lowest BCUT2D eigenvalue weighted by Crippen LogP contribution is -2.49. The smallest absolute Gasteiger partial charge is 0.408 e. The van der Waals surface area contributed by atoms with Crippen molar-refractivity contribution in [2.24, 2.45) is 0 Å². The Morgan fingerprint density at radius 3 is 2.45 bits per heavy atom. The van der Waals surface area contributed by atoms with Gasteiger partial charge in [0.2, 0.25) is 11.8 Å². The van der Waals surface area contributed by atoms with Gasteiger partial charge < -0.3 is 20.3 Å². The number of nitrogens with zero attached hydrogens (tertiary/aromatic N) is 2. The molecule has 2 N–H and O–H groups in total. The van der Waals surface area contributed by atoms with Crippen LogP contribution in [0.3, 0.4) is 0 Å². The highest BCUT2D eigenvalue weighted by Crippen LogP contribution is 2.35. The molecule has 1 aliphatic rings. The van der Waals surface area contributed by atoms with Gasteiger partial charge >= 0.3 is 6.09 Å². The van der Waals surface area contributed by atoms with Gasteiger partial charge in [-0.25, -0.2) is 4.79 Å². The number of hydrogen-bond acceptors (Lipinski definition) is 6. The molecule has 0 aliphatic carbocycles. The quantitative estimate of drug-likeness (QED) is 0.415. The highest BCUT2D eigenvalue weighted by Gasteiger charge is 2.40. The number of likely N-dealkylation sites (tertiary alicyclic amines) is 1. The summed E-state index contributed by atoms with van der Waals surface area (Å²) in [6.07, 6.45) is 0.527. The number of carbonyl (C=O) groups excluding carboxylic acids is 3. The van der Waals surface area contributed by atoms with Crippen molar-refractivity contribution in [1.29, 1.82) is 5.26 Å². The molecular formula is C31H34N4O4S. The Labute approximate surface area is 239 Å². The van der Waals surface area contributed by atoms with Gasteiger partial charge in [-0.15, -0.1) is 11.3 Å². The Bertz CT molecular complexity index is 1390. The zero-order valence-electron chi connectivity index (χ0n) is 23.0. The molecule has 3 amide bonds. The van der Waals surface area contributed by atoms with Crippen LogP contribution >= 0.6 is 11.3 Å². The number of ether oxygens (including phenoxy) is 1. The van der Waals surface area contributed by atoms with Crippen molar-refractivity contribution in [3.63, 3.8) is 0 Å². The second-order valence-electron chi connectivity index (χ2n) is 10.8. The Balaban J connectivity index is 1.51. The zero-order valence-corrected chi connectivity index (χ0v) is 23.8. The average molecular weight is 559 g/mol. The van der Waals surface area contributed by atoms with Gasteiger partial charge in [-0.2, -0.15) is 5.26 Å². The van der Waals surface area contributed by atoms with E-state index in [-0.39, 0.29) is 30.8 Å². The molecule has 1 saturated heterocycles. The Kier molecular flexibility index (Phi) is 9.22. The Hall–Kier alpha value is -4.16. The summed E-state index contributed by atoms with van der Waals surface area (Å²) in [6.45, 7) is 5.61. The molecule has 0 saturated carbocycles. The number of benzene rings is 2. The van der Waals surface area contributed by atoms with E-state index in [2.05, 4.69) is 41.0 Å². The van der Waals surface area contributed by atoms with E-state index in [4.69, 9.17) is 10.00 Å². The largest absolute Gasteiger partial charge is 0.444 e. The number of hydrogen-bond donors (Lipinski definition) is 2. The van der Waals surface area contributed by atoms with Gasteiger partial charge in [0.25, 0.3) is 0 Å². The summed E-state index contributed by atoms with van der Waals surface area (Å²) < 4.78 is 5.26. The van der Waals surface area contributed by atoms with Crippen molar-refractivity contribution in [3.05, 3.63) is 93.2 Å². The number of nitrogens with one attached hydrogen (secondary N) is 2. The predicted octanol–water partition coefficient (Wildman–Crippen LogP) is 4.74. The van der Waals surface area contributed by atoms with Gasteiger partial charge in [0.05, 0.1) is 6.54 Å². The van der Waals surface area contributed by atoms with Crippen LogP contribution in [0.2, 0.25) is 0 Å². The average Bonchev–Trinajstić information content (AvgIpc) is 3.58. The fourth-order valence-electron chi connectivity index (χ4n) is 4.88. The van der Waals surface area contributed by atoms with E-state index in [9.17, 15) is 14.4 Å². The fourth-order valence-corrected chi connectivity index (χ4v) is 5.63. The molecule has 0 bridgehead atoms. The summed E-state index contributed by atoms with van der Waals surface area (Å²) in [5.74, 6) is -0.662. The second-order valence-corrected chi connectivity index (χ2v) is 12.0. The molecule has 1 aromatic heterocycles. The number of rotatable bonds is 8. The molecule has 9 heteroatoms. The second kappa shape index (κ2) is 12.8. The van der Waals surface area contributed by atoms with Crippen LogP contribution in [0.25, 0.3) is 0 Å². The van der Waals surface area contributed by atoms with Crippen LogP contribution in [0.4, 0.5) is 4.79 Å². The summed E-state index contributed by atoms with van der Waals surface area (Å²) in [4.78, 5) is 41.9. The van der Waals surface area contributed by atoms with Gasteiger partial charge in [0, 0.05) is 17.3 Å². The molecule has 2 heterocycles. The summed E-state index contributed by atoms with van der Waals surface area (Å²) in [7, 11) is 0. The molecule has 40 heavy (non-hydrogen) atoms. The first-order valence-electron chi connectivity index (χ1n) is 13.3. The molecule has 2 aromatic carbocycles. The normalized spacial score (nSPS) is 16.7. The molecule has 208 valence electrons. The van der Waals surface area contributed by atoms with Gasteiger partial charge in [0.1, 0.15) is 29.1 Å². The predicted molar refractivity (Wildman–Crippen MR) is 154 cm³/mol. The number of alkyl carbamates (subject to hydrolysis) is 1. The van der Waals surface area contributed by atoms with E-state index in [1.807, 2.05) is 36.4 Å². The highest BCUT2D eigenvalue weighted by molar-refractivity contribution is 7.12. The molecule has 2 atom stereocenters. The maximum Gasteiger partial charge on any atom is 0.408 e. The molecule has 1 aliphatic heterocycles. The van der Waals surface area contributed by atoms with Crippen molar-refractivity contribution < 1.29 is 19.1 Å². The van der Waals surface area contributed by atoms with Crippen molar-refractivity contribution in [2.45, 2.75) is 57.7 Å². The van der Waals surface area contributed by atoms with Crippen LogP contribution in [0.15, 0.2) is 66.7 Å². The lowest BCUT2D eigenvalue weighted by Gasteiger charge is -2.25. The molecule has 8 nitrogen and oxygen atoms in total. The van der Waals surface area contributed by atoms with Gasteiger partial charge in [-0.3, -0.25) is 9.59 Å². The molecule has 1 unspecified atom stereocenters. The van der Waals surface area contributed by atoms with E-state index in [1.54, 1.807) is 31.7 Å². The third kappa shape index (κ3) is 7.70. The van der Waals surface area contributed by atoms with E-state index >= 15 is 0 Å². The van der Waals surface area contributed by atoms with Crippen molar-refractivity contribution >= 4 is 29.2 Å². The number of nitriles is 1. The number of amides is 3. The van der Waals surface area contributed by atoms with Crippen LogP contribution in [0.5, 0.6) is 0 Å². The van der Waals surface area contributed by atoms with E-state index in [0.29, 0.717) is 17.8 Å². The first-order valence-corrected chi connectivity index (χ1v) is 14.1. The third-order valence-corrected chi connectivity index (χ3v) is 7.64. The summed E-state index contributed by atoms with van der Waals surface area (Å²) in [6, 6.07) is 23.3.